The fourth-order valence-electron chi connectivity index (χ4n) is 3.83. The van der Waals surface area contributed by atoms with E-state index < -0.39 is 22.8 Å². The molecule has 1 aliphatic rings. The fourth-order valence-corrected chi connectivity index (χ4v) is 3.83. The number of benzene rings is 2. The van der Waals surface area contributed by atoms with Gasteiger partial charge in [0.1, 0.15) is 18.0 Å². The molecule has 0 bridgehead atoms. The zero-order chi connectivity index (χ0) is 25.3. The van der Waals surface area contributed by atoms with Gasteiger partial charge in [-0.3, -0.25) is 0 Å². The molecule has 8 nitrogen and oxygen atoms in total. The number of halogens is 2. The van der Waals surface area contributed by atoms with E-state index in [0.29, 0.717) is 28.7 Å². The summed E-state index contributed by atoms with van der Waals surface area (Å²) < 4.78 is 41.2. The van der Waals surface area contributed by atoms with Crippen LogP contribution in [0.3, 0.4) is 0 Å². The summed E-state index contributed by atoms with van der Waals surface area (Å²) in [6, 6.07) is 12.8. The second-order valence-electron chi connectivity index (χ2n) is 8.80. The van der Waals surface area contributed by atoms with Crippen molar-refractivity contribution in [2.24, 2.45) is 10.4 Å². The molecule has 2 aromatic carbocycles. The number of anilines is 1. The molecular weight excluding hydrogens is 468 g/mol. The number of hydrogen-bond donors (Lipinski definition) is 3. The number of aromatic nitrogens is 2. The number of pyridine rings is 1. The van der Waals surface area contributed by atoms with Crippen LogP contribution in [0.15, 0.2) is 59.9 Å². The number of H-pyrrole nitrogens is 1. The maximum Gasteiger partial charge on any atom is 0.289 e. The van der Waals surface area contributed by atoms with Gasteiger partial charge in [-0.2, -0.15) is 5.26 Å². The molecule has 2 aromatic heterocycles. The molecule has 3 heterocycles. The Morgan fingerprint density at radius 3 is 2.75 bits per heavy atom. The van der Waals surface area contributed by atoms with Gasteiger partial charge >= 0.3 is 0 Å². The van der Waals surface area contributed by atoms with Gasteiger partial charge in [0.05, 0.1) is 30.2 Å². The molecule has 5 rings (SSSR count). The van der Waals surface area contributed by atoms with Crippen LogP contribution in [0, 0.1) is 28.4 Å². The Hall–Kier alpha value is -4.49. The molecule has 1 aliphatic heterocycles. The van der Waals surface area contributed by atoms with Gasteiger partial charge in [0.25, 0.3) is 6.02 Å². The Bertz CT molecular complexity index is 1500. The molecule has 4 aromatic rings. The monoisotopic (exact) mass is 489 g/mol. The molecule has 0 amide bonds. The van der Waals surface area contributed by atoms with Gasteiger partial charge in [0.15, 0.2) is 17.4 Å². The highest BCUT2D eigenvalue weighted by molar-refractivity contribution is 5.98. The van der Waals surface area contributed by atoms with Gasteiger partial charge in [-0.1, -0.05) is 19.1 Å². The maximum absolute atomic E-state index is 15.0. The van der Waals surface area contributed by atoms with Crippen molar-refractivity contribution in [1.82, 2.24) is 9.97 Å². The first-order chi connectivity index (χ1) is 17.4. The molecule has 0 unspecified atom stereocenters. The number of aliphatic hydroxyl groups excluding tert-OH is 1. The molecule has 0 aliphatic carbocycles. The number of nitriles is 1. The average Bonchev–Trinajstić information content (AvgIpc) is 3.33. The van der Waals surface area contributed by atoms with Gasteiger partial charge in [0.2, 0.25) is 0 Å². The van der Waals surface area contributed by atoms with E-state index in [2.05, 4.69) is 26.3 Å². The lowest BCUT2D eigenvalue weighted by molar-refractivity contribution is 0.0706. The van der Waals surface area contributed by atoms with Crippen LogP contribution in [0.1, 0.15) is 12.5 Å². The molecule has 0 saturated heterocycles. The molecule has 1 atom stereocenters. The lowest BCUT2D eigenvalue weighted by Crippen LogP contribution is -2.38. The smallest absolute Gasteiger partial charge is 0.289 e. The van der Waals surface area contributed by atoms with Crippen LogP contribution in [-0.4, -0.2) is 40.9 Å². The second-order valence-corrected chi connectivity index (χ2v) is 8.80. The summed E-state index contributed by atoms with van der Waals surface area (Å²) in [6.45, 7) is 2.26. The first kappa shape index (κ1) is 23.3. The largest absolute Gasteiger partial charge is 0.464 e. The molecular formula is C26H21F2N5O3. The number of aliphatic imine (C=N–C) groups is 1. The van der Waals surface area contributed by atoms with E-state index in [1.807, 2.05) is 13.0 Å². The van der Waals surface area contributed by atoms with Crippen molar-refractivity contribution in [2.45, 2.75) is 6.92 Å². The summed E-state index contributed by atoms with van der Waals surface area (Å²) >= 11 is 0. The highest BCUT2D eigenvalue weighted by Crippen LogP contribution is 2.38. The zero-order valence-electron chi connectivity index (χ0n) is 19.2. The van der Waals surface area contributed by atoms with E-state index in [0.717, 1.165) is 17.7 Å². The minimum absolute atomic E-state index is 0.0893. The molecule has 36 heavy (non-hydrogen) atoms. The number of amidine groups is 1. The number of hydrogen-bond acceptors (Lipinski definition) is 7. The van der Waals surface area contributed by atoms with E-state index in [4.69, 9.17) is 9.47 Å². The summed E-state index contributed by atoms with van der Waals surface area (Å²) in [5.74, 6) is -2.24. The molecule has 3 N–H and O–H groups in total. The van der Waals surface area contributed by atoms with E-state index >= 15 is 0 Å². The first-order valence-electron chi connectivity index (χ1n) is 11.1. The van der Waals surface area contributed by atoms with Crippen LogP contribution in [-0.2, 0) is 4.74 Å². The predicted molar refractivity (Wildman–Crippen MR) is 130 cm³/mol. The number of nitrogens with one attached hydrogen (secondary N) is 2. The molecule has 0 radical (unpaired) electrons. The Morgan fingerprint density at radius 2 is 2.06 bits per heavy atom. The number of fused-ring (bicyclic) bond motifs is 1. The quantitative estimate of drug-likeness (QED) is 0.365. The van der Waals surface area contributed by atoms with Crippen molar-refractivity contribution in [3.63, 3.8) is 0 Å². The summed E-state index contributed by atoms with van der Waals surface area (Å²) in [4.78, 5) is 11.5. The molecule has 0 spiro atoms. The van der Waals surface area contributed by atoms with E-state index in [1.54, 1.807) is 24.4 Å². The summed E-state index contributed by atoms with van der Waals surface area (Å²) in [5.41, 5.74) is 1.93. The van der Waals surface area contributed by atoms with Crippen LogP contribution < -0.4 is 10.1 Å². The Kier molecular flexibility index (Phi) is 6.00. The standard InChI is InChI=1S/C26H21F2N5O3/c1-26(13-34)12-32-25(35-14-26)33-17-8-19(27)23(20(28)9-17)36-21-5-6-30-24-22(21)18(11-31-24)16-4-2-3-15(7-16)10-29/h2-9,11,34H,12-14H2,1H3,(H,30,31)(H,32,33)/t26-/m1/s1. The third-order valence-corrected chi connectivity index (χ3v) is 5.84. The van der Waals surface area contributed by atoms with Crippen molar-refractivity contribution in [3.8, 4) is 28.7 Å². The van der Waals surface area contributed by atoms with Crippen molar-refractivity contribution in [1.29, 1.82) is 5.26 Å². The lowest BCUT2D eigenvalue weighted by atomic mass is 9.93. The highest BCUT2D eigenvalue weighted by atomic mass is 19.1. The molecule has 0 saturated carbocycles. The van der Waals surface area contributed by atoms with E-state index in [1.165, 1.54) is 12.3 Å². The van der Waals surface area contributed by atoms with Gasteiger partial charge in [-0.25, -0.2) is 18.8 Å². The third kappa shape index (κ3) is 4.44. The summed E-state index contributed by atoms with van der Waals surface area (Å²) in [6.07, 6.45) is 3.17. The van der Waals surface area contributed by atoms with Crippen molar-refractivity contribution >= 4 is 22.7 Å². The highest BCUT2D eigenvalue weighted by Gasteiger charge is 2.29. The fraction of sp³-hybridized carbons (Fsp3) is 0.192. The lowest BCUT2D eigenvalue weighted by Gasteiger charge is -2.30. The Balaban J connectivity index is 1.45. The van der Waals surface area contributed by atoms with Gasteiger partial charge in [0, 0.05) is 41.2 Å². The second kappa shape index (κ2) is 9.28. The first-order valence-corrected chi connectivity index (χ1v) is 11.1. The van der Waals surface area contributed by atoms with Gasteiger partial charge in [-0.15, -0.1) is 0 Å². The van der Waals surface area contributed by atoms with Crippen molar-refractivity contribution in [3.05, 3.63) is 72.1 Å². The molecule has 0 fully saturated rings. The average molecular weight is 489 g/mol. The Labute approximate surface area is 204 Å². The summed E-state index contributed by atoms with van der Waals surface area (Å²) in [7, 11) is 0. The van der Waals surface area contributed by atoms with Gasteiger partial charge in [-0.05, 0) is 23.8 Å². The number of rotatable bonds is 5. The SMILES string of the molecule is C[C@]1(CO)CN=C(Nc2cc(F)c(Oc3ccnc4[nH]cc(-c5cccc(C#N)c5)c34)c(F)c2)OC1. The third-order valence-electron chi connectivity index (χ3n) is 5.84. The van der Waals surface area contributed by atoms with Crippen LogP contribution in [0.4, 0.5) is 14.5 Å². The maximum atomic E-state index is 15.0. The van der Waals surface area contributed by atoms with Crippen LogP contribution >= 0.6 is 0 Å². The van der Waals surface area contributed by atoms with Crippen LogP contribution in [0.25, 0.3) is 22.2 Å². The number of aromatic amines is 1. The van der Waals surface area contributed by atoms with E-state index in [-0.39, 0.29) is 30.7 Å². The Morgan fingerprint density at radius 1 is 1.25 bits per heavy atom. The number of nitrogens with zero attached hydrogens (tertiary/aromatic N) is 3. The van der Waals surface area contributed by atoms with Crippen molar-refractivity contribution in [2.75, 3.05) is 25.1 Å². The topological polar surface area (TPSA) is 116 Å². The molecule has 182 valence electrons. The predicted octanol–water partition coefficient (Wildman–Crippen LogP) is 4.97. The molecule has 10 heteroatoms. The minimum Gasteiger partial charge on any atom is -0.464 e. The number of aliphatic hydroxyl groups is 1. The van der Waals surface area contributed by atoms with E-state index in [9.17, 15) is 19.1 Å². The normalized spacial score (nSPS) is 17.2. The summed E-state index contributed by atoms with van der Waals surface area (Å²) in [5, 5.41) is 21.9. The number of ether oxygens (including phenoxy) is 2. The van der Waals surface area contributed by atoms with Crippen molar-refractivity contribution < 1.29 is 23.4 Å². The van der Waals surface area contributed by atoms with Crippen LogP contribution in [0.5, 0.6) is 11.5 Å². The zero-order valence-corrected chi connectivity index (χ0v) is 19.2. The van der Waals surface area contributed by atoms with Crippen LogP contribution in [0.2, 0.25) is 0 Å². The minimum atomic E-state index is -0.928. The van der Waals surface area contributed by atoms with Gasteiger partial charge < -0.3 is 24.9 Å².